The summed E-state index contributed by atoms with van der Waals surface area (Å²) >= 11 is 0. The van der Waals surface area contributed by atoms with Crippen LogP contribution in [0.5, 0.6) is 17.2 Å². The smallest absolute Gasteiger partial charge is 0.133 e. The van der Waals surface area contributed by atoms with Gasteiger partial charge in [-0.2, -0.15) is 0 Å². The van der Waals surface area contributed by atoms with Gasteiger partial charge in [-0.05, 0) is 62.9 Å². The summed E-state index contributed by atoms with van der Waals surface area (Å²) in [5.41, 5.74) is 3.85. The standard InChI is InChI=1S/C28H38O5.C14H20O3/c1-5-27(15-29-16-27)19-31-21(3)23-11-7-9-13-25(23)33-26-14-10-8-12-24(26)22(4)32-20-28(6-2)17-30-18-28;1-3-14(10-17-11-14)9-16-8-12-4-6-13(15-2)7-5-12/h7-14,21-22H,5-6,15-20H2,1-4H3;4-7H,3,8-11H2,1-2H3. The number of ether oxygens (including phenoxy) is 8. The summed E-state index contributed by atoms with van der Waals surface area (Å²) in [5, 5.41) is 0. The van der Waals surface area contributed by atoms with Crippen LogP contribution >= 0.6 is 0 Å². The van der Waals surface area contributed by atoms with E-state index in [2.05, 4.69) is 46.8 Å². The summed E-state index contributed by atoms with van der Waals surface area (Å²) in [6.45, 7) is 18.4. The van der Waals surface area contributed by atoms with Gasteiger partial charge in [0.15, 0.2) is 0 Å². The molecule has 2 unspecified atom stereocenters. The van der Waals surface area contributed by atoms with Gasteiger partial charge in [-0.15, -0.1) is 0 Å². The minimum atomic E-state index is -0.0749. The molecule has 0 aliphatic carbocycles. The zero-order valence-electron chi connectivity index (χ0n) is 31.0. The zero-order valence-corrected chi connectivity index (χ0v) is 31.0. The lowest BCUT2D eigenvalue weighted by atomic mass is 9.84. The highest BCUT2D eigenvalue weighted by molar-refractivity contribution is 5.43. The molecule has 3 heterocycles. The van der Waals surface area contributed by atoms with Crippen LogP contribution in [0.1, 0.15) is 82.8 Å². The average molecular weight is 691 g/mol. The van der Waals surface area contributed by atoms with Crippen molar-refractivity contribution >= 4 is 0 Å². The number of hydrogen-bond acceptors (Lipinski definition) is 8. The van der Waals surface area contributed by atoms with Crippen molar-refractivity contribution in [3.63, 3.8) is 0 Å². The fourth-order valence-corrected chi connectivity index (χ4v) is 6.17. The molecule has 0 N–H and O–H groups in total. The first-order valence-electron chi connectivity index (χ1n) is 18.3. The number of hydrogen-bond donors (Lipinski definition) is 0. The van der Waals surface area contributed by atoms with Crippen molar-refractivity contribution in [2.24, 2.45) is 16.2 Å². The normalized spacial score (nSPS) is 19.4. The Kier molecular flexibility index (Phi) is 13.8. The Balaban J connectivity index is 0.000000240. The molecule has 0 bridgehead atoms. The predicted molar refractivity (Wildman–Crippen MR) is 195 cm³/mol. The molecule has 3 fully saturated rings. The van der Waals surface area contributed by atoms with E-state index >= 15 is 0 Å². The van der Waals surface area contributed by atoms with Gasteiger partial charge >= 0.3 is 0 Å². The largest absolute Gasteiger partial charge is 0.497 e. The van der Waals surface area contributed by atoms with Crippen molar-refractivity contribution in [1.82, 2.24) is 0 Å². The van der Waals surface area contributed by atoms with E-state index in [1.807, 2.05) is 60.7 Å². The van der Waals surface area contributed by atoms with Gasteiger partial charge in [-0.3, -0.25) is 0 Å². The Morgan fingerprint density at radius 2 is 1.00 bits per heavy atom. The summed E-state index contributed by atoms with van der Waals surface area (Å²) < 4.78 is 46.1. The lowest BCUT2D eigenvalue weighted by Gasteiger charge is -2.41. The van der Waals surface area contributed by atoms with Crippen LogP contribution in [0.3, 0.4) is 0 Å². The van der Waals surface area contributed by atoms with Crippen LogP contribution in [-0.2, 0) is 35.0 Å². The number of benzene rings is 3. The second kappa shape index (κ2) is 18.0. The molecular weight excluding hydrogens is 632 g/mol. The second-order valence-corrected chi connectivity index (χ2v) is 14.5. The lowest BCUT2D eigenvalue weighted by molar-refractivity contribution is -0.159. The summed E-state index contributed by atoms with van der Waals surface area (Å²) in [6, 6.07) is 24.3. The molecule has 0 aromatic heterocycles. The van der Waals surface area contributed by atoms with Gasteiger partial charge < -0.3 is 37.9 Å². The third-order valence-electron chi connectivity index (χ3n) is 10.7. The maximum Gasteiger partial charge on any atom is 0.133 e. The van der Waals surface area contributed by atoms with Crippen LogP contribution < -0.4 is 9.47 Å². The molecule has 274 valence electrons. The van der Waals surface area contributed by atoms with Crippen LogP contribution in [0.2, 0.25) is 0 Å². The van der Waals surface area contributed by atoms with E-state index in [9.17, 15) is 0 Å². The fourth-order valence-electron chi connectivity index (χ4n) is 6.17. The molecule has 0 saturated carbocycles. The lowest BCUT2D eigenvalue weighted by Crippen LogP contribution is -2.45. The number of methoxy groups -OCH3 is 1. The van der Waals surface area contributed by atoms with E-state index in [0.29, 0.717) is 19.8 Å². The van der Waals surface area contributed by atoms with E-state index in [1.165, 1.54) is 5.56 Å². The third-order valence-corrected chi connectivity index (χ3v) is 10.7. The van der Waals surface area contributed by atoms with Gasteiger partial charge in [0.25, 0.3) is 0 Å². The Morgan fingerprint density at radius 3 is 1.38 bits per heavy atom. The molecule has 0 radical (unpaired) electrons. The van der Waals surface area contributed by atoms with Crippen molar-refractivity contribution in [2.45, 2.75) is 72.7 Å². The summed E-state index contributed by atoms with van der Waals surface area (Å²) in [5.74, 6) is 2.51. The molecule has 2 atom stereocenters. The van der Waals surface area contributed by atoms with Crippen LogP contribution in [0.15, 0.2) is 72.8 Å². The molecule has 3 aromatic carbocycles. The Morgan fingerprint density at radius 1 is 0.580 bits per heavy atom. The first-order chi connectivity index (χ1) is 24.3. The SMILES string of the molecule is CCC1(COC(C)c2ccccc2Oc2ccccc2C(C)OCC2(CC)COC2)COC1.CCC1(COCc2ccc(OC)cc2)COC1. The number of rotatable bonds is 18. The monoisotopic (exact) mass is 690 g/mol. The van der Waals surface area contributed by atoms with Crippen molar-refractivity contribution in [3.8, 4) is 17.2 Å². The molecular formula is C42H58O8. The minimum Gasteiger partial charge on any atom is -0.497 e. The van der Waals surface area contributed by atoms with Crippen molar-refractivity contribution in [3.05, 3.63) is 89.5 Å². The fraction of sp³-hybridized carbons (Fsp3) is 0.571. The maximum atomic E-state index is 6.47. The molecule has 8 nitrogen and oxygen atoms in total. The molecule has 3 aliphatic heterocycles. The van der Waals surface area contributed by atoms with Crippen LogP contribution in [-0.4, -0.2) is 66.6 Å². The highest BCUT2D eigenvalue weighted by atomic mass is 16.5. The quantitative estimate of drug-likeness (QED) is 0.131. The Labute approximate surface area is 299 Å². The Bertz CT molecular complexity index is 1350. The van der Waals surface area contributed by atoms with E-state index in [-0.39, 0.29) is 28.5 Å². The van der Waals surface area contributed by atoms with E-state index in [4.69, 9.17) is 37.9 Å². The summed E-state index contributed by atoms with van der Waals surface area (Å²) in [4.78, 5) is 0. The second-order valence-electron chi connectivity index (χ2n) is 14.5. The molecule has 0 amide bonds. The van der Waals surface area contributed by atoms with E-state index < -0.39 is 0 Å². The summed E-state index contributed by atoms with van der Waals surface area (Å²) in [7, 11) is 1.67. The first-order valence-corrected chi connectivity index (χ1v) is 18.3. The molecule has 50 heavy (non-hydrogen) atoms. The van der Waals surface area contributed by atoms with E-state index in [0.717, 1.165) is 93.9 Å². The molecule has 6 rings (SSSR count). The third kappa shape index (κ3) is 9.66. The molecule has 3 saturated heterocycles. The van der Waals surface area contributed by atoms with Crippen molar-refractivity contribution in [1.29, 1.82) is 0 Å². The Hall–Kier alpha value is -2.98. The predicted octanol–water partition coefficient (Wildman–Crippen LogP) is 9.13. The van der Waals surface area contributed by atoms with Gasteiger partial charge in [0.1, 0.15) is 17.2 Å². The van der Waals surface area contributed by atoms with Crippen LogP contribution in [0.4, 0.5) is 0 Å². The molecule has 8 heteroatoms. The van der Waals surface area contributed by atoms with E-state index in [1.54, 1.807) is 7.11 Å². The molecule has 3 aromatic rings. The van der Waals surface area contributed by atoms with Crippen LogP contribution in [0.25, 0.3) is 0 Å². The van der Waals surface area contributed by atoms with Crippen LogP contribution in [0, 0.1) is 16.2 Å². The maximum absolute atomic E-state index is 6.47. The van der Waals surface area contributed by atoms with Gasteiger partial charge in [-0.25, -0.2) is 0 Å². The first kappa shape index (κ1) is 38.3. The van der Waals surface area contributed by atoms with Gasteiger partial charge in [0.05, 0.1) is 85.4 Å². The highest BCUT2D eigenvalue weighted by Gasteiger charge is 2.39. The average Bonchev–Trinajstić information content (AvgIpc) is 3.10. The molecule has 0 spiro atoms. The van der Waals surface area contributed by atoms with Gasteiger partial charge in [0.2, 0.25) is 0 Å². The van der Waals surface area contributed by atoms with Gasteiger partial charge in [-0.1, -0.05) is 69.3 Å². The zero-order chi connectivity index (χ0) is 35.5. The van der Waals surface area contributed by atoms with Gasteiger partial charge in [0, 0.05) is 27.4 Å². The highest BCUT2D eigenvalue weighted by Crippen LogP contribution is 2.39. The minimum absolute atomic E-state index is 0.0749. The van der Waals surface area contributed by atoms with Crippen molar-refractivity contribution < 1.29 is 37.9 Å². The topological polar surface area (TPSA) is 73.8 Å². The number of para-hydroxylation sites is 2. The molecule has 3 aliphatic rings. The summed E-state index contributed by atoms with van der Waals surface area (Å²) in [6.07, 6.45) is 3.10. The van der Waals surface area contributed by atoms with Crippen molar-refractivity contribution in [2.75, 3.05) is 66.6 Å².